The summed E-state index contributed by atoms with van der Waals surface area (Å²) in [5.74, 6) is -0.189. The van der Waals surface area contributed by atoms with Crippen molar-refractivity contribution in [3.63, 3.8) is 0 Å². The van der Waals surface area contributed by atoms with Gasteiger partial charge in [0, 0.05) is 38.1 Å². The summed E-state index contributed by atoms with van der Waals surface area (Å²) in [6.45, 7) is 4.39. The molecule has 0 saturated carbocycles. The average molecular weight is 489 g/mol. The number of carbonyl (C=O) groups is 1. The summed E-state index contributed by atoms with van der Waals surface area (Å²) in [4.78, 5) is 36.2. The maximum atomic E-state index is 12.6. The van der Waals surface area contributed by atoms with E-state index in [0.29, 0.717) is 16.0 Å². The number of benzene rings is 1. The highest BCUT2D eigenvalue weighted by molar-refractivity contribution is 9.10. The molecule has 0 radical (unpaired) electrons. The zero-order valence-electron chi connectivity index (χ0n) is 15.7. The molecule has 0 aliphatic heterocycles. The van der Waals surface area contributed by atoms with E-state index < -0.39 is 0 Å². The van der Waals surface area contributed by atoms with E-state index in [1.54, 1.807) is 23.5 Å². The summed E-state index contributed by atoms with van der Waals surface area (Å²) in [7, 11) is 0. The third-order valence-electron chi connectivity index (χ3n) is 4.43. The van der Waals surface area contributed by atoms with Crippen molar-refractivity contribution in [2.24, 2.45) is 0 Å². The predicted octanol–water partition coefficient (Wildman–Crippen LogP) is 4.99. The molecule has 3 heterocycles. The third kappa shape index (κ3) is 4.31. The van der Waals surface area contributed by atoms with Gasteiger partial charge in [0.1, 0.15) is 0 Å². The van der Waals surface area contributed by atoms with Crippen molar-refractivity contribution in [1.29, 1.82) is 0 Å². The molecule has 0 bridgehead atoms. The molecule has 1 amide bonds. The Morgan fingerprint density at radius 2 is 2.10 bits per heavy atom. The molecule has 0 unspecified atom stereocenters. The molecule has 6 nitrogen and oxygen atoms in total. The Labute approximate surface area is 183 Å². The fourth-order valence-corrected chi connectivity index (χ4v) is 5.06. The van der Waals surface area contributed by atoms with Gasteiger partial charge in [0.2, 0.25) is 5.91 Å². The second kappa shape index (κ2) is 8.17. The molecule has 3 aromatic heterocycles. The van der Waals surface area contributed by atoms with Gasteiger partial charge >= 0.3 is 0 Å². The van der Waals surface area contributed by atoms with Crippen LogP contribution < -0.4 is 10.9 Å². The van der Waals surface area contributed by atoms with Crippen LogP contribution in [-0.2, 0) is 11.3 Å². The Kier molecular flexibility index (Phi) is 5.62. The molecule has 29 heavy (non-hydrogen) atoms. The molecule has 0 atom stereocenters. The quantitative estimate of drug-likeness (QED) is 0.429. The van der Waals surface area contributed by atoms with Crippen LogP contribution in [-0.4, -0.2) is 20.4 Å². The second-order valence-electron chi connectivity index (χ2n) is 6.57. The molecule has 0 fully saturated rings. The summed E-state index contributed by atoms with van der Waals surface area (Å²) in [5.41, 5.74) is 2.44. The third-order valence-corrected chi connectivity index (χ3v) is 6.65. The lowest BCUT2D eigenvalue weighted by Gasteiger charge is -2.07. The van der Waals surface area contributed by atoms with E-state index in [2.05, 4.69) is 51.1 Å². The van der Waals surface area contributed by atoms with E-state index in [1.165, 1.54) is 32.0 Å². The minimum absolute atomic E-state index is 0.159. The maximum Gasteiger partial charge on any atom is 0.261 e. The molecule has 9 heteroatoms. The number of thiophene rings is 1. The monoisotopic (exact) mass is 488 g/mol. The molecule has 1 N–H and O–H groups in total. The highest BCUT2D eigenvalue weighted by Crippen LogP contribution is 2.32. The standard InChI is InChI=1S/C20H17BrN4O2S2/c1-11-7-14(12(2)29-11)17-9-28-20(23-17)24-18(26)5-6-25-10-22-16-4-3-13(21)8-15(16)19(25)27/h3-4,7-10H,5-6H2,1-2H3,(H,23,24,26). The van der Waals surface area contributed by atoms with Gasteiger partial charge in [0.05, 0.1) is 22.9 Å². The van der Waals surface area contributed by atoms with Crippen molar-refractivity contribution >= 4 is 60.5 Å². The fraction of sp³-hybridized carbons (Fsp3) is 0.200. The predicted molar refractivity (Wildman–Crippen MR) is 122 cm³/mol. The van der Waals surface area contributed by atoms with Crippen molar-refractivity contribution in [1.82, 2.24) is 14.5 Å². The molecule has 0 aliphatic rings. The minimum Gasteiger partial charge on any atom is -0.302 e. The lowest BCUT2D eigenvalue weighted by molar-refractivity contribution is -0.116. The molecule has 0 spiro atoms. The van der Waals surface area contributed by atoms with Crippen LogP contribution in [0, 0.1) is 13.8 Å². The van der Waals surface area contributed by atoms with Crippen LogP contribution in [0.1, 0.15) is 16.2 Å². The van der Waals surface area contributed by atoms with Crippen LogP contribution in [0.5, 0.6) is 0 Å². The number of thiazole rings is 1. The largest absolute Gasteiger partial charge is 0.302 e. The van der Waals surface area contributed by atoms with E-state index in [1.807, 2.05) is 11.4 Å². The first-order valence-corrected chi connectivity index (χ1v) is 11.4. The summed E-state index contributed by atoms with van der Waals surface area (Å²) in [5, 5.41) is 5.85. The van der Waals surface area contributed by atoms with Gasteiger partial charge in [-0.05, 0) is 38.1 Å². The Hall–Kier alpha value is -2.36. The number of nitrogens with zero attached hydrogens (tertiary/aromatic N) is 3. The van der Waals surface area contributed by atoms with Gasteiger partial charge in [-0.2, -0.15) is 0 Å². The average Bonchev–Trinajstić information content (AvgIpc) is 3.27. The van der Waals surface area contributed by atoms with Crippen molar-refractivity contribution in [3.05, 3.63) is 60.6 Å². The summed E-state index contributed by atoms with van der Waals surface area (Å²) in [6, 6.07) is 7.48. The van der Waals surface area contributed by atoms with E-state index in [4.69, 9.17) is 0 Å². The first-order chi connectivity index (χ1) is 13.9. The zero-order valence-corrected chi connectivity index (χ0v) is 18.9. The number of aryl methyl sites for hydroxylation is 3. The number of nitrogens with one attached hydrogen (secondary N) is 1. The van der Waals surface area contributed by atoms with Gasteiger partial charge in [-0.15, -0.1) is 22.7 Å². The summed E-state index contributed by atoms with van der Waals surface area (Å²) in [6.07, 6.45) is 1.64. The van der Waals surface area contributed by atoms with Crippen LogP contribution in [0.4, 0.5) is 5.13 Å². The number of anilines is 1. The van der Waals surface area contributed by atoms with E-state index in [-0.39, 0.29) is 24.4 Å². The van der Waals surface area contributed by atoms with Crippen molar-refractivity contribution in [3.8, 4) is 11.3 Å². The van der Waals surface area contributed by atoms with Crippen LogP contribution in [0.15, 0.2) is 45.2 Å². The Balaban J connectivity index is 1.43. The number of carbonyl (C=O) groups excluding carboxylic acids is 1. The lowest BCUT2D eigenvalue weighted by Crippen LogP contribution is -2.23. The smallest absolute Gasteiger partial charge is 0.261 e. The summed E-state index contributed by atoms with van der Waals surface area (Å²) < 4.78 is 2.27. The van der Waals surface area contributed by atoms with Crippen molar-refractivity contribution in [2.75, 3.05) is 5.32 Å². The maximum absolute atomic E-state index is 12.6. The van der Waals surface area contributed by atoms with Gasteiger partial charge in [-0.25, -0.2) is 9.97 Å². The van der Waals surface area contributed by atoms with Crippen molar-refractivity contribution in [2.45, 2.75) is 26.8 Å². The molecule has 4 aromatic rings. The Morgan fingerprint density at radius 3 is 2.86 bits per heavy atom. The number of aromatic nitrogens is 3. The van der Waals surface area contributed by atoms with Gasteiger partial charge < -0.3 is 5.32 Å². The highest BCUT2D eigenvalue weighted by atomic mass is 79.9. The van der Waals surface area contributed by atoms with Gasteiger partial charge in [0.25, 0.3) is 5.56 Å². The lowest BCUT2D eigenvalue weighted by atomic mass is 10.2. The molecule has 148 valence electrons. The Bertz CT molecular complexity index is 1280. The number of rotatable bonds is 5. The Morgan fingerprint density at radius 1 is 1.28 bits per heavy atom. The number of halogens is 1. The van der Waals surface area contributed by atoms with Gasteiger partial charge in [0.15, 0.2) is 5.13 Å². The fourth-order valence-electron chi connectivity index (χ4n) is 3.03. The first kappa shape index (κ1) is 19.9. The molecular formula is C20H17BrN4O2S2. The van der Waals surface area contributed by atoms with E-state index >= 15 is 0 Å². The number of hydrogen-bond donors (Lipinski definition) is 1. The first-order valence-electron chi connectivity index (χ1n) is 8.88. The number of amides is 1. The normalized spacial score (nSPS) is 11.1. The van der Waals surface area contributed by atoms with Crippen molar-refractivity contribution < 1.29 is 4.79 Å². The number of fused-ring (bicyclic) bond motifs is 1. The minimum atomic E-state index is -0.189. The molecular weight excluding hydrogens is 472 g/mol. The van der Waals surface area contributed by atoms with Crippen LogP contribution in [0.25, 0.3) is 22.2 Å². The molecule has 0 saturated heterocycles. The SMILES string of the molecule is Cc1cc(-c2csc(NC(=O)CCn3cnc4ccc(Br)cc4c3=O)n2)c(C)s1. The van der Waals surface area contributed by atoms with Gasteiger partial charge in [-0.1, -0.05) is 15.9 Å². The molecule has 0 aliphatic carbocycles. The zero-order chi connectivity index (χ0) is 20.5. The van der Waals surface area contributed by atoms with Crippen LogP contribution in [0.2, 0.25) is 0 Å². The number of hydrogen-bond acceptors (Lipinski definition) is 6. The second-order valence-corrected chi connectivity index (χ2v) is 9.80. The topological polar surface area (TPSA) is 76.9 Å². The van der Waals surface area contributed by atoms with Crippen LogP contribution in [0.3, 0.4) is 0 Å². The van der Waals surface area contributed by atoms with Crippen LogP contribution >= 0.6 is 38.6 Å². The molecule has 4 rings (SSSR count). The summed E-state index contributed by atoms with van der Waals surface area (Å²) >= 11 is 6.50. The highest BCUT2D eigenvalue weighted by Gasteiger charge is 2.12. The van der Waals surface area contributed by atoms with Gasteiger partial charge in [-0.3, -0.25) is 14.2 Å². The van der Waals surface area contributed by atoms with E-state index in [0.717, 1.165) is 15.7 Å². The van der Waals surface area contributed by atoms with E-state index in [9.17, 15) is 9.59 Å². The molecule has 1 aromatic carbocycles.